The van der Waals surface area contributed by atoms with Crippen molar-refractivity contribution in [2.75, 3.05) is 5.32 Å². The Hall–Kier alpha value is -1.50. The zero-order valence-electron chi connectivity index (χ0n) is 9.81. The van der Waals surface area contributed by atoms with Crippen LogP contribution in [0.4, 0.5) is 5.69 Å². The SMILES string of the molecule is Cc1coc(Sc2cc3c(cc2Cl)C(O)C(=O)N3)n1. The largest absolute Gasteiger partial charge is 0.439 e. The molecular weight excluding hydrogens is 288 g/mol. The number of aliphatic hydroxyl groups excluding tert-OH is 1. The highest BCUT2D eigenvalue weighted by molar-refractivity contribution is 7.99. The van der Waals surface area contributed by atoms with Gasteiger partial charge in [-0.05, 0) is 30.8 Å². The number of amides is 1. The van der Waals surface area contributed by atoms with Crippen molar-refractivity contribution in [2.24, 2.45) is 0 Å². The Balaban J connectivity index is 1.96. The summed E-state index contributed by atoms with van der Waals surface area (Å²) in [6, 6.07) is 3.29. The number of carbonyl (C=O) groups is 1. The summed E-state index contributed by atoms with van der Waals surface area (Å²) in [6.45, 7) is 1.83. The van der Waals surface area contributed by atoms with Crippen LogP contribution < -0.4 is 5.32 Å². The third-order valence-corrected chi connectivity index (χ3v) is 4.04. The Kier molecular flexibility index (Phi) is 3.00. The first-order valence-corrected chi connectivity index (χ1v) is 6.66. The van der Waals surface area contributed by atoms with Crippen LogP contribution in [-0.2, 0) is 4.79 Å². The maximum Gasteiger partial charge on any atom is 0.260 e. The number of anilines is 1. The molecule has 1 atom stereocenters. The predicted molar refractivity (Wildman–Crippen MR) is 70.4 cm³/mol. The van der Waals surface area contributed by atoms with Gasteiger partial charge in [-0.2, -0.15) is 0 Å². The minimum atomic E-state index is -1.16. The number of rotatable bonds is 2. The molecule has 5 nitrogen and oxygen atoms in total. The number of hydrogen-bond acceptors (Lipinski definition) is 5. The summed E-state index contributed by atoms with van der Waals surface area (Å²) in [5.41, 5.74) is 1.83. The van der Waals surface area contributed by atoms with Gasteiger partial charge in [0, 0.05) is 16.1 Å². The average Bonchev–Trinajstić information content (AvgIpc) is 2.87. The molecule has 0 saturated heterocycles. The van der Waals surface area contributed by atoms with Crippen LogP contribution in [0.2, 0.25) is 5.02 Å². The van der Waals surface area contributed by atoms with Crippen molar-refractivity contribution < 1.29 is 14.3 Å². The van der Waals surface area contributed by atoms with Crippen LogP contribution in [0.5, 0.6) is 0 Å². The van der Waals surface area contributed by atoms with E-state index in [1.165, 1.54) is 11.8 Å². The quantitative estimate of drug-likeness (QED) is 0.891. The molecule has 0 fully saturated rings. The van der Waals surface area contributed by atoms with Crippen LogP contribution in [0.25, 0.3) is 0 Å². The maximum atomic E-state index is 11.4. The lowest BCUT2D eigenvalue weighted by atomic mass is 10.1. The lowest BCUT2D eigenvalue weighted by Crippen LogP contribution is -2.10. The first-order valence-electron chi connectivity index (χ1n) is 5.47. The minimum absolute atomic E-state index is 0.440. The zero-order valence-corrected chi connectivity index (χ0v) is 11.4. The van der Waals surface area contributed by atoms with Crippen LogP contribution in [0.15, 0.2) is 32.9 Å². The number of aromatic nitrogens is 1. The van der Waals surface area contributed by atoms with Gasteiger partial charge in [-0.25, -0.2) is 4.98 Å². The van der Waals surface area contributed by atoms with Crippen LogP contribution >= 0.6 is 23.4 Å². The molecule has 2 aromatic rings. The van der Waals surface area contributed by atoms with Gasteiger partial charge < -0.3 is 14.8 Å². The van der Waals surface area contributed by atoms with Gasteiger partial charge in [0.1, 0.15) is 6.26 Å². The molecule has 0 radical (unpaired) electrons. The summed E-state index contributed by atoms with van der Waals surface area (Å²) >= 11 is 7.40. The molecule has 1 unspecified atom stereocenters. The lowest BCUT2D eigenvalue weighted by Gasteiger charge is -2.05. The molecule has 98 valence electrons. The molecule has 2 heterocycles. The Morgan fingerprint density at radius 1 is 1.53 bits per heavy atom. The average molecular weight is 297 g/mol. The molecule has 0 bridgehead atoms. The van der Waals surface area contributed by atoms with Crippen LogP contribution in [-0.4, -0.2) is 16.0 Å². The van der Waals surface area contributed by atoms with E-state index in [2.05, 4.69) is 10.3 Å². The molecule has 3 rings (SSSR count). The molecule has 0 saturated carbocycles. The Labute approximate surface area is 118 Å². The maximum absolute atomic E-state index is 11.4. The summed E-state index contributed by atoms with van der Waals surface area (Å²) < 4.78 is 5.24. The van der Waals surface area contributed by atoms with Crippen molar-refractivity contribution >= 4 is 35.0 Å². The first kappa shape index (κ1) is 12.5. The summed E-state index contributed by atoms with van der Waals surface area (Å²) in [7, 11) is 0. The lowest BCUT2D eigenvalue weighted by molar-refractivity contribution is -0.123. The van der Waals surface area contributed by atoms with E-state index in [0.717, 1.165) is 5.69 Å². The monoisotopic (exact) mass is 296 g/mol. The van der Waals surface area contributed by atoms with E-state index in [-0.39, 0.29) is 0 Å². The number of hydrogen-bond donors (Lipinski definition) is 2. The smallest absolute Gasteiger partial charge is 0.260 e. The van der Waals surface area contributed by atoms with Crippen molar-refractivity contribution in [2.45, 2.75) is 23.1 Å². The van der Waals surface area contributed by atoms with Crippen LogP contribution in [0.3, 0.4) is 0 Å². The molecule has 0 aliphatic carbocycles. The van der Waals surface area contributed by atoms with Gasteiger partial charge in [0.05, 0.1) is 10.7 Å². The summed E-state index contributed by atoms with van der Waals surface area (Å²) in [5, 5.41) is 13.2. The standard InChI is InChI=1S/C12H9ClN2O3S/c1-5-4-18-12(14-5)19-9-3-8-6(2-7(9)13)10(16)11(17)15-8/h2-4,10,16H,1H3,(H,15,17). The second-order valence-electron chi connectivity index (χ2n) is 4.12. The highest BCUT2D eigenvalue weighted by Gasteiger charge is 2.29. The fourth-order valence-corrected chi connectivity index (χ4v) is 2.89. The highest BCUT2D eigenvalue weighted by atomic mass is 35.5. The van der Waals surface area contributed by atoms with Gasteiger partial charge in [0.25, 0.3) is 11.1 Å². The fourth-order valence-electron chi connectivity index (χ4n) is 1.80. The number of halogens is 1. The number of aliphatic hydroxyl groups is 1. The Morgan fingerprint density at radius 3 is 3.00 bits per heavy atom. The van der Waals surface area contributed by atoms with Gasteiger partial charge in [-0.15, -0.1) is 0 Å². The number of carbonyl (C=O) groups excluding carboxylic acids is 1. The number of nitrogens with one attached hydrogen (secondary N) is 1. The number of oxazole rings is 1. The molecule has 0 spiro atoms. The minimum Gasteiger partial charge on any atom is -0.439 e. The van der Waals surface area contributed by atoms with Gasteiger partial charge in [-0.1, -0.05) is 11.6 Å². The second kappa shape index (κ2) is 4.56. The first-order chi connectivity index (χ1) is 9.04. The van der Waals surface area contributed by atoms with Crippen molar-refractivity contribution in [3.8, 4) is 0 Å². The summed E-state index contributed by atoms with van der Waals surface area (Å²) in [4.78, 5) is 16.3. The van der Waals surface area contributed by atoms with Crippen molar-refractivity contribution in [1.82, 2.24) is 4.98 Å². The van der Waals surface area contributed by atoms with Gasteiger partial charge in [-0.3, -0.25) is 4.79 Å². The number of benzene rings is 1. The molecule has 7 heteroatoms. The van der Waals surface area contributed by atoms with Crippen molar-refractivity contribution in [3.63, 3.8) is 0 Å². The topological polar surface area (TPSA) is 75.4 Å². The summed E-state index contributed by atoms with van der Waals surface area (Å²) in [6.07, 6.45) is 0.394. The Bertz CT molecular complexity index is 671. The van der Waals surface area contributed by atoms with E-state index < -0.39 is 12.0 Å². The van der Waals surface area contributed by atoms with Gasteiger partial charge in [0.2, 0.25) is 0 Å². The second-order valence-corrected chi connectivity index (χ2v) is 5.52. The zero-order chi connectivity index (χ0) is 13.6. The predicted octanol–water partition coefficient (Wildman–Crippen LogP) is 2.77. The Morgan fingerprint density at radius 2 is 2.32 bits per heavy atom. The number of aryl methyl sites for hydroxylation is 1. The van der Waals surface area contributed by atoms with Gasteiger partial charge in [0.15, 0.2) is 6.10 Å². The van der Waals surface area contributed by atoms with Gasteiger partial charge >= 0.3 is 0 Å². The third kappa shape index (κ3) is 2.22. The number of nitrogens with zero attached hydrogens (tertiary/aromatic N) is 1. The van der Waals surface area contributed by atoms with E-state index in [4.69, 9.17) is 16.0 Å². The third-order valence-electron chi connectivity index (χ3n) is 2.70. The van der Waals surface area contributed by atoms with E-state index >= 15 is 0 Å². The van der Waals surface area contributed by atoms with E-state index in [9.17, 15) is 9.90 Å². The number of fused-ring (bicyclic) bond motifs is 1. The highest BCUT2D eigenvalue weighted by Crippen LogP contribution is 2.40. The van der Waals surface area contributed by atoms with Crippen molar-refractivity contribution in [1.29, 1.82) is 0 Å². The van der Waals surface area contributed by atoms with Crippen LogP contribution in [0, 0.1) is 6.92 Å². The molecule has 1 aliphatic heterocycles. The molecule has 19 heavy (non-hydrogen) atoms. The van der Waals surface area contributed by atoms with E-state index in [1.54, 1.807) is 18.4 Å². The van der Waals surface area contributed by atoms with Crippen molar-refractivity contribution in [3.05, 3.63) is 34.7 Å². The molecule has 1 aromatic carbocycles. The summed E-state index contributed by atoms with van der Waals surface area (Å²) in [5.74, 6) is -0.444. The molecule has 1 aromatic heterocycles. The normalized spacial score (nSPS) is 17.4. The molecular formula is C12H9ClN2O3S. The molecule has 1 aliphatic rings. The molecule has 2 N–H and O–H groups in total. The van der Waals surface area contributed by atoms with Crippen LogP contribution in [0.1, 0.15) is 17.4 Å². The van der Waals surface area contributed by atoms with E-state index in [1.807, 2.05) is 6.92 Å². The van der Waals surface area contributed by atoms with E-state index in [0.29, 0.717) is 26.4 Å². The molecule has 1 amide bonds. The fraction of sp³-hybridized carbons (Fsp3) is 0.167.